The molecule has 0 bridgehead atoms. The molecule has 3 aliphatic heterocycles. The lowest BCUT2D eigenvalue weighted by molar-refractivity contribution is -0.289. The van der Waals surface area contributed by atoms with Crippen LogP contribution in [0.4, 0.5) is 4.79 Å². The second-order valence-corrected chi connectivity index (χ2v) is 19.4. The number of benzene rings is 1. The van der Waals surface area contributed by atoms with Gasteiger partial charge in [-0.15, -0.1) is 16.4 Å². The number of aliphatic hydroxyl groups excluding tert-OH is 1. The number of amides is 2. The maximum atomic E-state index is 14.2. The molecule has 63 heavy (non-hydrogen) atoms. The molecule has 18 heteroatoms. The minimum atomic E-state index is -1.39. The number of aromatic nitrogens is 4. The van der Waals surface area contributed by atoms with Gasteiger partial charge in [-0.1, -0.05) is 31.2 Å². The fourth-order valence-electron chi connectivity index (χ4n) is 9.75. The SMILES string of the molecule is CC[C@H]1OC(=O)[C@H](C)C(=O)C[C@@H](O[C@@H]2OC(C)CC(N(C)C)C2O)[C@@](C)(OC)C[C@@H](C)CN(C(C)=O)[C@H](C)[C@H]2N(CCCCn3cc(-c4nc5ccccc5s4)nn3)C(=O)O[C@]12C. The highest BCUT2D eigenvalue weighted by molar-refractivity contribution is 7.21. The Hall–Kier alpha value is -4.07. The van der Waals surface area contributed by atoms with Gasteiger partial charge in [0.05, 0.1) is 46.3 Å². The number of likely N-dealkylation sites (N-methyl/N-ethyl adjacent to an activating group) is 1. The van der Waals surface area contributed by atoms with E-state index >= 15 is 0 Å². The lowest BCUT2D eigenvalue weighted by atomic mass is 9.82. The number of unbranched alkanes of at least 4 members (excludes halogenated alkanes) is 1. The Balaban J connectivity index is 1.25. The van der Waals surface area contributed by atoms with Gasteiger partial charge in [-0.05, 0) is 98.9 Å². The number of aliphatic hydroxyl groups is 1. The summed E-state index contributed by atoms with van der Waals surface area (Å²) in [5, 5.41) is 20.9. The van der Waals surface area contributed by atoms with Crippen LogP contribution in [0.5, 0.6) is 0 Å². The fraction of sp³-hybridized carbons (Fsp3) is 0.711. The van der Waals surface area contributed by atoms with Crippen molar-refractivity contribution in [1.29, 1.82) is 0 Å². The first-order valence-electron chi connectivity index (χ1n) is 22.3. The van der Waals surface area contributed by atoms with Crippen molar-refractivity contribution in [3.8, 4) is 10.7 Å². The van der Waals surface area contributed by atoms with Crippen LogP contribution in [0.1, 0.15) is 93.9 Å². The van der Waals surface area contributed by atoms with E-state index in [0.29, 0.717) is 44.5 Å². The van der Waals surface area contributed by atoms with Crippen LogP contribution in [0.25, 0.3) is 20.9 Å². The molecule has 0 aliphatic carbocycles. The first-order valence-corrected chi connectivity index (χ1v) is 23.1. The summed E-state index contributed by atoms with van der Waals surface area (Å²) in [6.45, 7) is 15.3. The van der Waals surface area contributed by atoms with Crippen molar-refractivity contribution in [1.82, 2.24) is 34.7 Å². The molecule has 1 aromatic carbocycles. The molecule has 0 saturated carbocycles. The molecule has 3 aliphatic rings. The van der Waals surface area contributed by atoms with E-state index in [2.05, 4.69) is 10.3 Å². The second kappa shape index (κ2) is 20.0. The molecular weight excluding hydrogens is 831 g/mol. The number of ether oxygens (including phenoxy) is 5. The Morgan fingerprint density at radius 1 is 1.08 bits per heavy atom. The highest BCUT2D eigenvalue weighted by atomic mass is 32.1. The monoisotopic (exact) mass is 897 g/mol. The summed E-state index contributed by atoms with van der Waals surface area (Å²) in [5.41, 5.74) is -0.931. The van der Waals surface area contributed by atoms with Crippen molar-refractivity contribution in [3.05, 3.63) is 30.5 Å². The molecule has 0 radical (unpaired) electrons. The molecule has 12 atom stereocenters. The van der Waals surface area contributed by atoms with E-state index in [0.717, 1.165) is 15.2 Å². The molecule has 3 saturated heterocycles. The molecule has 3 unspecified atom stereocenters. The molecular formula is C45H67N7O10S. The number of cyclic esters (lactones) is 1. The van der Waals surface area contributed by atoms with Crippen molar-refractivity contribution in [2.75, 3.05) is 34.3 Å². The fourth-order valence-corrected chi connectivity index (χ4v) is 10.7. The maximum Gasteiger partial charge on any atom is 0.410 e. The van der Waals surface area contributed by atoms with Gasteiger partial charge >= 0.3 is 12.1 Å². The summed E-state index contributed by atoms with van der Waals surface area (Å²) < 4.78 is 34.2. The van der Waals surface area contributed by atoms with E-state index in [1.807, 2.05) is 84.1 Å². The van der Waals surface area contributed by atoms with Gasteiger partial charge in [0.25, 0.3) is 0 Å². The summed E-state index contributed by atoms with van der Waals surface area (Å²) in [4.78, 5) is 66.0. The van der Waals surface area contributed by atoms with E-state index in [-0.39, 0.29) is 43.4 Å². The topological polar surface area (TPSA) is 188 Å². The predicted molar refractivity (Wildman–Crippen MR) is 236 cm³/mol. The molecule has 3 aromatic rings. The number of carbonyl (C=O) groups excluding carboxylic acids is 4. The Morgan fingerprint density at radius 2 is 1.79 bits per heavy atom. The van der Waals surface area contributed by atoms with Crippen LogP contribution in [0, 0.1) is 11.8 Å². The molecule has 348 valence electrons. The molecule has 0 spiro atoms. The lowest BCUT2D eigenvalue weighted by Gasteiger charge is -2.46. The number of Topliss-reactive ketones (excluding diaryl/α,β-unsaturated/α-hetero) is 1. The third-order valence-electron chi connectivity index (χ3n) is 13.4. The third-order valence-corrected chi connectivity index (χ3v) is 14.4. The second-order valence-electron chi connectivity index (χ2n) is 18.4. The van der Waals surface area contributed by atoms with Crippen LogP contribution < -0.4 is 0 Å². The minimum absolute atomic E-state index is 0.210. The highest BCUT2D eigenvalue weighted by Gasteiger charge is 2.59. The minimum Gasteiger partial charge on any atom is -0.458 e. The summed E-state index contributed by atoms with van der Waals surface area (Å²) in [5.74, 6) is -2.86. The summed E-state index contributed by atoms with van der Waals surface area (Å²) in [6.07, 6.45) is -0.810. The van der Waals surface area contributed by atoms with Gasteiger partial charge < -0.3 is 38.6 Å². The van der Waals surface area contributed by atoms with Gasteiger partial charge in [-0.3, -0.25) is 24.0 Å². The first-order chi connectivity index (χ1) is 29.8. The van der Waals surface area contributed by atoms with Crippen molar-refractivity contribution in [3.63, 3.8) is 0 Å². The number of hydrogen-bond acceptors (Lipinski definition) is 15. The van der Waals surface area contributed by atoms with Gasteiger partial charge in [0.15, 0.2) is 11.9 Å². The van der Waals surface area contributed by atoms with Crippen LogP contribution in [0.3, 0.4) is 0 Å². The Kier molecular flexibility index (Phi) is 15.3. The van der Waals surface area contributed by atoms with Gasteiger partial charge in [-0.2, -0.15) is 0 Å². The average Bonchev–Trinajstić information content (AvgIpc) is 3.96. The third kappa shape index (κ3) is 10.4. The van der Waals surface area contributed by atoms with Crippen LogP contribution in [0.2, 0.25) is 0 Å². The maximum absolute atomic E-state index is 14.2. The van der Waals surface area contributed by atoms with Gasteiger partial charge in [0, 0.05) is 46.1 Å². The number of hydrogen-bond donors (Lipinski definition) is 1. The number of ketones is 1. The average molecular weight is 898 g/mol. The van der Waals surface area contributed by atoms with Crippen LogP contribution in [0.15, 0.2) is 30.5 Å². The zero-order chi connectivity index (χ0) is 46.0. The summed E-state index contributed by atoms with van der Waals surface area (Å²) >= 11 is 1.56. The number of nitrogens with zero attached hydrogens (tertiary/aromatic N) is 7. The smallest absolute Gasteiger partial charge is 0.410 e. The van der Waals surface area contributed by atoms with E-state index in [4.69, 9.17) is 28.7 Å². The van der Waals surface area contributed by atoms with Gasteiger partial charge in [-0.25, -0.2) is 9.78 Å². The Bertz CT molecular complexity index is 2050. The van der Waals surface area contributed by atoms with E-state index < -0.39 is 71.7 Å². The van der Waals surface area contributed by atoms with Crippen LogP contribution >= 0.6 is 11.3 Å². The Morgan fingerprint density at radius 3 is 2.46 bits per heavy atom. The zero-order valence-electron chi connectivity index (χ0n) is 38.7. The zero-order valence-corrected chi connectivity index (χ0v) is 39.5. The molecule has 1 N–H and O–H groups in total. The van der Waals surface area contributed by atoms with E-state index in [1.165, 1.54) is 21.0 Å². The molecule has 5 heterocycles. The normalized spacial score (nSPS) is 33.8. The van der Waals surface area contributed by atoms with Crippen molar-refractivity contribution < 1.29 is 48.0 Å². The van der Waals surface area contributed by atoms with Gasteiger partial charge in [0.2, 0.25) is 5.91 Å². The number of thiazole rings is 1. The quantitative estimate of drug-likeness (QED) is 0.148. The number of fused-ring (bicyclic) bond motifs is 2. The predicted octanol–water partition coefficient (Wildman–Crippen LogP) is 5.32. The first kappa shape index (κ1) is 48.4. The molecule has 3 fully saturated rings. The van der Waals surface area contributed by atoms with E-state index in [9.17, 15) is 24.3 Å². The number of carbonyl (C=O) groups is 4. The molecule has 6 rings (SSSR count). The number of methoxy groups -OCH3 is 1. The molecule has 2 amide bonds. The largest absolute Gasteiger partial charge is 0.458 e. The number of aryl methyl sites for hydroxylation is 1. The summed E-state index contributed by atoms with van der Waals surface area (Å²) in [6, 6.07) is 6.34. The number of para-hydroxylation sites is 1. The Labute approximate surface area is 374 Å². The summed E-state index contributed by atoms with van der Waals surface area (Å²) in [7, 11) is 5.30. The van der Waals surface area contributed by atoms with Gasteiger partial charge in [0.1, 0.15) is 34.6 Å². The highest BCUT2D eigenvalue weighted by Crippen LogP contribution is 2.41. The van der Waals surface area contributed by atoms with Crippen molar-refractivity contribution in [2.45, 2.75) is 160 Å². The van der Waals surface area contributed by atoms with Crippen molar-refractivity contribution in [2.24, 2.45) is 11.8 Å². The number of rotatable bonds is 11. The van der Waals surface area contributed by atoms with Crippen LogP contribution in [-0.2, 0) is 44.6 Å². The number of esters is 1. The molecule has 2 aromatic heterocycles. The lowest BCUT2D eigenvalue weighted by Crippen LogP contribution is -2.62. The standard InChI is InChI=1S/C45H67N7O10S/c1-12-36-45(8)39(51(43(57)62-45)20-16-15-19-50-25-32(47-48-50)40-46-31-17-13-14-18-35(31)63-40)29(5)52(30(6)53)24-26(2)23-44(7,58-11)37(22-34(54)28(4)41(56)60-36)61-42-38(55)33(49(9)10)21-27(3)59-42/h13-14,17-18,25-29,33,36-39,42,55H,12,15-16,19-24H2,1-11H3/t26-,27?,28-,29-,33?,36-,37-,38?,39-,42+,44+,45-/m1/s1. The van der Waals surface area contributed by atoms with Crippen molar-refractivity contribution >= 4 is 45.3 Å². The van der Waals surface area contributed by atoms with Crippen LogP contribution in [-0.4, -0.2) is 158 Å². The van der Waals surface area contributed by atoms with E-state index in [1.54, 1.807) is 32.7 Å². The molecule has 17 nitrogen and oxygen atoms in total.